The number of hydrogen-bond donors (Lipinski definition) is 1. The lowest BCUT2D eigenvalue weighted by Crippen LogP contribution is -2.43. The lowest BCUT2D eigenvalue weighted by molar-refractivity contribution is -0.385. The number of nitro benzene ring substituents is 1. The number of nitrogens with one attached hydrogen (secondary N) is 1. The van der Waals surface area contributed by atoms with Crippen molar-refractivity contribution in [1.29, 1.82) is 0 Å². The Hall–Kier alpha value is -3.17. The number of nitro groups is 1. The van der Waals surface area contributed by atoms with E-state index in [1.54, 1.807) is 0 Å². The van der Waals surface area contributed by atoms with Crippen LogP contribution in [0.3, 0.4) is 0 Å². The summed E-state index contributed by atoms with van der Waals surface area (Å²) in [6.45, 7) is 5.05. The molecular weight excluding hydrogens is 402 g/mol. The van der Waals surface area contributed by atoms with Crippen LogP contribution in [0.1, 0.15) is 27.5 Å². The lowest BCUT2D eigenvalue weighted by Gasteiger charge is -2.35. The van der Waals surface area contributed by atoms with Gasteiger partial charge in [-0.1, -0.05) is 29.8 Å². The molecule has 31 heavy (non-hydrogen) atoms. The topological polar surface area (TPSA) is 103 Å². The molecule has 1 N–H and O–H groups in total. The van der Waals surface area contributed by atoms with Crippen molar-refractivity contribution in [2.45, 2.75) is 13.0 Å². The van der Waals surface area contributed by atoms with Gasteiger partial charge in [-0.3, -0.25) is 19.8 Å². The highest BCUT2D eigenvalue weighted by Crippen LogP contribution is 2.34. The highest BCUT2D eigenvalue weighted by Gasteiger charge is 2.27. The Balaban J connectivity index is 1.85. The summed E-state index contributed by atoms with van der Waals surface area (Å²) in [5.41, 5.74) is 1.80. The first-order chi connectivity index (χ1) is 14.9. The van der Waals surface area contributed by atoms with Crippen LogP contribution < -0.4 is 14.8 Å². The first-order valence-corrected chi connectivity index (χ1v) is 10.0. The Kier molecular flexibility index (Phi) is 7.43. The minimum atomic E-state index is -0.601. The van der Waals surface area contributed by atoms with Crippen molar-refractivity contribution in [2.24, 2.45) is 0 Å². The summed E-state index contributed by atoms with van der Waals surface area (Å²) in [7, 11) is 2.80. The molecule has 9 nitrogen and oxygen atoms in total. The van der Waals surface area contributed by atoms with E-state index in [1.807, 2.05) is 31.2 Å². The number of carbonyl (C=O) groups is 1. The van der Waals surface area contributed by atoms with E-state index in [1.165, 1.54) is 26.4 Å². The maximum absolute atomic E-state index is 13.0. The Morgan fingerprint density at radius 1 is 1.16 bits per heavy atom. The molecule has 1 aliphatic rings. The molecule has 0 spiro atoms. The number of ether oxygens (including phenoxy) is 3. The van der Waals surface area contributed by atoms with Gasteiger partial charge in [-0.15, -0.1) is 0 Å². The molecule has 3 rings (SSSR count). The van der Waals surface area contributed by atoms with Crippen LogP contribution in [-0.2, 0) is 4.74 Å². The molecule has 9 heteroatoms. The standard InChI is InChI=1S/C22H27N3O6/c1-15-4-6-16(7-5-15)19(24-8-10-31-11-9-24)14-23-22(26)17-12-20(29-2)21(30-3)13-18(17)25(27)28/h4-7,12-13,19H,8-11,14H2,1-3H3,(H,23,26)/t19-/m1/s1. The van der Waals surface area contributed by atoms with E-state index >= 15 is 0 Å². The SMILES string of the molecule is COc1cc(C(=O)NC[C@H](c2ccc(C)cc2)N2CCOCC2)c([N+](=O)[O-])cc1OC. The molecule has 1 aliphatic heterocycles. The van der Waals surface area contributed by atoms with Gasteiger partial charge < -0.3 is 19.5 Å². The zero-order valence-corrected chi connectivity index (χ0v) is 17.9. The van der Waals surface area contributed by atoms with Gasteiger partial charge in [0.25, 0.3) is 11.6 Å². The van der Waals surface area contributed by atoms with Crippen molar-refractivity contribution in [3.05, 3.63) is 63.2 Å². The van der Waals surface area contributed by atoms with Crippen LogP contribution in [0.25, 0.3) is 0 Å². The van der Waals surface area contributed by atoms with E-state index in [-0.39, 0.29) is 28.8 Å². The van der Waals surface area contributed by atoms with Gasteiger partial charge in [-0.25, -0.2) is 0 Å². The van der Waals surface area contributed by atoms with Crippen LogP contribution in [0.4, 0.5) is 5.69 Å². The molecule has 1 saturated heterocycles. The Labute approximate surface area is 181 Å². The Bertz CT molecular complexity index is 926. The van der Waals surface area contributed by atoms with Crippen LogP contribution in [-0.4, -0.2) is 62.8 Å². The molecule has 1 atom stereocenters. The first-order valence-electron chi connectivity index (χ1n) is 10.0. The number of benzene rings is 2. The average Bonchev–Trinajstić information content (AvgIpc) is 2.79. The lowest BCUT2D eigenvalue weighted by atomic mass is 10.0. The maximum Gasteiger partial charge on any atom is 0.286 e. The summed E-state index contributed by atoms with van der Waals surface area (Å²) in [4.78, 5) is 26.1. The predicted octanol–water partition coefficient (Wildman–Crippen LogP) is 2.72. The van der Waals surface area contributed by atoms with E-state index < -0.39 is 10.8 Å². The van der Waals surface area contributed by atoms with Gasteiger partial charge in [0.2, 0.25) is 0 Å². The van der Waals surface area contributed by atoms with Crippen molar-refractivity contribution in [2.75, 3.05) is 47.1 Å². The summed E-state index contributed by atoms with van der Waals surface area (Å²) in [6, 6.07) is 10.6. The van der Waals surface area contributed by atoms with Gasteiger partial charge in [-0.05, 0) is 12.5 Å². The molecule has 1 heterocycles. The molecule has 166 valence electrons. The molecule has 0 unspecified atom stereocenters. The van der Waals surface area contributed by atoms with Gasteiger partial charge in [0.05, 0.1) is 44.5 Å². The van der Waals surface area contributed by atoms with Crippen LogP contribution in [0.5, 0.6) is 11.5 Å². The molecule has 2 aromatic rings. The Morgan fingerprint density at radius 2 is 1.77 bits per heavy atom. The van der Waals surface area contributed by atoms with E-state index in [0.717, 1.165) is 24.2 Å². The van der Waals surface area contributed by atoms with Crippen LogP contribution in [0, 0.1) is 17.0 Å². The largest absolute Gasteiger partial charge is 0.493 e. The van der Waals surface area contributed by atoms with Gasteiger partial charge in [0.1, 0.15) is 5.56 Å². The van der Waals surface area contributed by atoms with Gasteiger partial charge >= 0.3 is 0 Å². The number of morpholine rings is 1. The monoisotopic (exact) mass is 429 g/mol. The highest BCUT2D eigenvalue weighted by molar-refractivity contribution is 5.99. The summed E-state index contributed by atoms with van der Waals surface area (Å²) in [6.07, 6.45) is 0. The summed E-state index contributed by atoms with van der Waals surface area (Å²) >= 11 is 0. The van der Waals surface area contributed by atoms with Crippen molar-refractivity contribution in [1.82, 2.24) is 10.2 Å². The minimum Gasteiger partial charge on any atom is -0.493 e. The number of rotatable bonds is 8. The van der Waals surface area contributed by atoms with Crippen molar-refractivity contribution < 1.29 is 23.9 Å². The second kappa shape index (κ2) is 10.2. The van der Waals surface area contributed by atoms with Gasteiger partial charge in [-0.2, -0.15) is 0 Å². The number of carbonyl (C=O) groups excluding carboxylic acids is 1. The fourth-order valence-corrected chi connectivity index (χ4v) is 3.62. The second-order valence-electron chi connectivity index (χ2n) is 7.27. The number of aryl methyl sites for hydroxylation is 1. The van der Waals surface area contributed by atoms with Crippen LogP contribution in [0.15, 0.2) is 36.4 Å². The predicted molar refractivity (Wildman–Crippen MR) is 115 cm³/mol. The number of hydrogen-bond acceptors (Lipinski definition) is 7. The minimum absolute atomic E-state index is 0.0762. The number of methoxy groups -OCH3 is 2. The Morgan fingerprint density at radius 3 is 2.35 bits per heavy atom. The number of amides is 1. The molecule has 1 fully saturated rings. The smallest absolute Gasteiger partial charge is 0.286 e. The molecule has 1 amide bonds. The first kappa shape index (κ1) is 22.5. The van der Waals surface area contributed by atoms with E-state index in [0.29, 0.717) is 19.8 Å². The average molecular weight is 429 g/mol. The summed E-state index contributed by atoms with van der Waals surface area (Å²) < 4.78 is 15.8. The summed E-state index contributed by atoms with van der Waals surface area (Å²) in [5, 5.41) is 14.4. The zero-order chi connectivity index (χ0) is 22.4. The van der Waals surface area contributed by atoms with Crippen molar-refractivity contribution >= 4 is 11.6 Å². The van der Waals surface area contributed by atoms with Gasteiger partial charge in [0.15, 0.2) is 11.5 Å². The van der Waals surface area contributed by atoms with Crippen molar-refractivity contribution in [3.8, 4) is 11.5 Å². The molecule has 2 aromatic carbocycles. The summed E-state index contributed by atoms with van der Waals surface area (Å²) in [5.74, 6) is -0.101. The number of nitrogens with zero attached hydrogens (tertiary/aromatic N) is 2. The third kappa shape index (κ3) is 5.31. The third-order valence-electron chi connectivity index (χ3n) is 5.35. The molecular formula is C22H27N3O6. The second-order valence-corrected chi connectivity index (χ2v) is 7.27. The van der Waals surface area contributed by atoms with Gasteiger partial charge in [0, 0.05) is 25.7 Å². The van der Waals surface area contributed by atoms with E-state index in [4.69, 9.17) is 14.2 Å². The molecule has 0 saturated carbocycles. The van der Waals surface area contributed by atoms with Crippen molar-refractivity contribution in [3.63, 3.8) is 0 Å². The quantitative estimate of drug-likeness (QED) is 0.508. The highest BCUT2D eigenvalue weighted by atomic mass is 16.6. The zero-order valence-electron chi connectivity index (χ0n) is 17.9. The molecule has 0 aliphatic carbocycles. The normalized spacial score (nSPS) is 15.2. The van der Waals surface area contributed by atoms with E-state index in [9.17, 15) is 14.9 Å². The fourth-order valence-electron chi connectivity index (χ4n) is 3.62. The molecule has 0 aromatic heterocycles. The van der Waals surface area contributed by atoms with Crippen LogP contribution >= 0.6 is 0 Å². The fraction of sp³-hybridized carbons (Fsp3) is 0.409. The van der Waals surface area contributed by atoms with Crippen LogP contribution in [0.2, 0.25) is 0 Å². The van der Waals surface area contributed by atoms with E-state index in [2.05, 4.69) is 10.2 Å². The maximum atomic E-state index is 13.0. The molecule has 0 radical (unpaired) electrons. The molecule has 0 bridgehead atoms. The third-order valence-corrected chi connectivity index (χ3v) is 5.35.